The summed E-state index contributed by atoms with van der Waals surface area (Å²) >= 11 is 0. The van der Waals surface area contributed by atoms with E-state index in [1.807, 2.05) is 61.2 Å². The third-order valence-electron chi connectivity index (χ3n) is 10.3. The van der Waals surface area contributed by atoms with Gasteiger partial charge in [0.15, 0.2) is 0 Å². The van der Waals surface area contributed by atoms with Gasteiger partial charge in [-0.1, -0.05) is 87.7 Å². The lowest BCUT2D eigenvalue weighted by Gasteiger charge is -2.42. The molecule has 0 unspecified atom stereocenters. The molecule has 0 aromatic heterocycles. The quantitative estimate of drug-likeness (QED) is 0.383. The third kappa shape index (κ3) is 5.71. The first kappa shape index (κ1) is 31.5. The van der Waals surface area contributed by atoms with Crippen LogP contribution in [0.3, 0.4) is 0 Å². The molecule has 5 aliphatic rings. The summed E-state index contributed by atoms with van der Waals surface area (Å²) in [5.74, 6) is -3.58. The minimum absolute atomic E-state index is 0.0600. The first-order chi connectivity index (χ1) is 21.8. The molecule has 10 heteroatoms. The van der Waals surface area contributed by atoms with E-state index in [0.717, 1.165) is 32.1 Å². The molecule has 1 aromatic carbocycles. The second-order valence-electron chi connectivity index (χ2n) is 13.4. The van der Waals surface area contributed by atoms with Gasteiger partial charge in [-0.15, -0.1) is 0 Å². The van der Waals surface area contributed by atoms with Gasteiger partial charge in [-0.25, -0.2) is 0 Å². The van der Waals surface area contributed by atoms with E-state index in [1.165, 1.54) is 4.90 Å². The molecular formula is C35H45N3O7. The number of carbonyl (C=O) groups excluding carboxylic acids is 4. The number of amides is 3. The topological polar surface area (TPSA) is 125 Å². The molecule has 1 spiro atoms. The fraction of sp³-hybridized carbons (Fsp3) is 0.600. The summed E-state index contributed by atoms with van der Waals surface area (Å²) in [5, 5.41) is 13.4. The zero-order chi connectivity index (χ0) is 31.7. The van der Waals surface area contributed by atoms with E-state index in [-0.39, 0.29) is 49.3 Å². The van der Waals surface area contributed by atoms with Crippen molar-refractivity contribution in [3.05, 3.63) is 60.2 Å². The highest BCUT2D eigenvalue weighted by molar-refractivity contribution is 5.99. The second kappa shape index (κ2) is 13.1. The molecule has 3 fully saturated rings. The number of hydrogen-bond donors (Lipinski definition) is 2. The Hall–Kier alpha value is -3.50. The molecule has 10 nitrogen and oxygen atoms in total. The zero-order valence-corrected chi connectivity index (χ0v) is 26.2. The van der Waals surface area contributed by atoms with Crippen LogP contribution in [0.4, 0.5) is 0 Å². The van der Waals surface area contributed by atoms with E-state index in [2.05, 4.69) is 5.32 Å². The van der Waals surface area contributed by atoms with Gasteiger partial charge in [-0.3, -0.25) is 19.2 Å². The van der Waals surface area contributed by atoms with E-state index in [1.54, 1.807) is 12.2 Å². The predicted molar refractivity (Wildman–Crippen MR) is 165 cm³/mol. The summed E-state index contributed by atoms with van der Waals surface area (Å²) in [4.78, 5) is 59.7. The van der Waals surface area contributed by atoms with Gasteiger partial charge in [0.1, 0.15) is 23.7 Å². The number of rotatable bonds is 5. The number of likely N-dealkylation sites (tertiary alicyclic amines) is 1. The van der Waals surface area contributed by atoms with Crippen LogP contribution in [0.2, 0.25) is 0 Å². The Labute approximate surface area is 264 Å². The monoisotopic (exact) mass is 619 g/mol. The fourth-order valence-corrected chi connectivity index (χ4v) is 8.06. The molecule has 2 N–H and O–H groups in total. The smallest absolute Gasteiger partial charge is 0.313 e. The summed E-state index contributed by atoms with van der Waals surface area (Å²) in [6.07, 6.45) is 11.4. The van der Waals surface area contributed by atoms with E-state index < -0.39 is 47.7 Å². The van der Waals surface area contributed by atoms with Crippen LogP contribution in [-0.2, 0) is 28.7 Å². The maximum Gasteiger partial charge on any atom is 0.313 e. The minimum Gasteiger partial charge on any atom is -0.455 e. The van der Waals surface area contributed by atoms with Gasteiger partial charge in [0, 0.05) is 19.0 Å². The Morgan fingerprint density at radius 3 is 2.49 bits per heavy atom. The number of ether oxygens (including phenoxy) is 2. The molecule has 45 heavy (non-hydrogen) atoms. The number of nitrogens with one attached hydrogen (secondary N) is 1. The molecule has 7 atom stereocenters. The van der Waals surface area contributed by atoms with Gasteiger partial charge in [-0.2, -0.15) is 0 Å². The molecule has 242 valence electrons. The number of nitrogens with zero attached hydrogens (tertiary/aromatic N) is 2. The van der Waals surface area contributed by atoms with Gasteiger partial charge in [0.25, 0.3) is 0 Å². The summed E-state index contributed by atoms with van der Waals surface area (Å²) in [5.41, 5.74) is -0.705. The van der Waals surface area contributed by atoms with Crippen molar-refractivity contribution in [2.24, 2.45) is 17.8 Å². The molecule has 0 bridgehead atoms. The molecule has 6 rings (SSSR count). The molecule has 4 heterocycles. The lowest BCUT2D eigenvalue weighted by Crippen LogP contribution is -2.60. The van der Waals surface area contributed by atoms with Crippen LogP contribution in [0.15, 0.2) is 54.6 Å². The van der Waals surface area contributed by atoms with Crippen molar-refractivity contribution >= 4 is 23.7 Å². The summed E-state index contributed by atoms with van der Waals surface area (Å²) in [6.45, 7) is 3.99. The van der Waals surface area contributed by atoms with E-state index in [0.29, 0.717) is 18.5 Å². The molecule has 1 saturated carbocycles. The Balaban J connectivity index is 1.44. The number of carbonyl (C=O) groups is 4. The van der Waals surface area contributed by atoms with Crippen LogP contribution in [0.25, 0.3) is 0 Å². The molecule has 1 aliphatic carbocycles. The highest BCUT2D eigenvalue weighted by Gasteiger charge is 2.72. The standard InChI is InChI=1S/C35H45N3O7/c1-22(2)25(21-39)38-31-33(42)37(24-14-7-4-8-15-24)19-11-18-35(31)30(32(38)41)29-26(45-35)16-9-10-17-28(40)36-20-27(44-34(29)43)23-12-5-3-6-13-23/h3,5-6,9,11-13,16,18,22,24-27,29-31,39H,4,7-8,10,14-15,17,19-21H2,1-2H3,(H,36,40)/b16-9-/t25-,26-,27+,29+,30+,31-,35+/m0/s1. The van der Waals surface area contributed by atoms with E-state index in [9.17, 15) is 24.3 Å². The van der Waals surface area contributed by atoms with Crippen LogP contribution in [0.1, 0.15) is 70.5 Å². The maximum absolute atomic E-state index is 14.7. The van der Waals surface area contributed by atoms with Crippen LogP contribution in [0.5, 0.6) is 0 Å². The lowest BCUT2D eigenvalue weighted by atomic mass is 9.77. The van der Waals surface area contributed by atoms with Crippen LogP contribution >= 0.6 is 0 Å². The first-order valence-electron chi connectivity index (χ1n) is 16.5. The largest absolute Gasteiger partial charge is 0.455 e. The van der Waals surface area contributed by atoms with Crippen LogP contribution < -0.4 is 5.32 Å². The summed E-state index contributed by atoms with van der Waals surface area (Å²) < 4.78 is 13.0. The normalized spacial score (nSPS) is 34.2. The van der Waals surface area contributed by atoms with Crippen molar-refractivity contribution in [2.45, 2.75) is 94.7 Å². The molecule has 1 aromatic rings. The molecule has 3 amide bonds. The number of aliphatic hydroxyl groups excluding tert-OH is 1. The number of hydrogen-bond acceptors (Lipinski definition) is 7. The summed E-state index contributed by atoms with van der Waals surface area (Å²) in [6, 6.07) is 7.59. The number of allylic oxidation sites excluding steroid dienone is 1. The van der Waals surface area contributed by atoms with Gasteiger partial charge < -0.3 is 29.7 Å². The average Bonchev–Trinajstić information content (AvgIpc) is 3.42. The van der Waals surface area contributed by atoms with Crippen molar-refractivity contribution < 1.29 is 33.8 Å². The van der Waals surface area contributed by atoms with Crippen LogP contribution in [0, 0.1) is 17.8 Å². The highest BCUT2D eigenvalue weighted by atomic mass is 16.6. The Kier molecular flexibility index (Phi) is 9.15. The second-order valence-corrected chi connectivity index (χ2v) is 13.4. The van der Waals surface area contributed by atoms with Crippen LogP contribution in [-0.4, -0.2) is 88.1 Å². The summed E-state index contributed by atoms with van der Waals surface area (Å²) in [7, 11) is 0. The fourth-order valence-electron chi connectivity index (χ4n) is 8.06. The van der Waals surface area contributed by atoms with Crippen molar-refractivity contribution in [3.63, 3.8) is 0 Å². The maximum atomic E-state index is 14.7. The van der Waals surface area contributed by atoms with E-state index in [4.69, 9.17) is 9.47 Å². The van der Waals surface area contributed by atoms with Crippen molar-refractivity contribution in [3.8, 4) is 0 Å². The zero-order valence-electron chi connectivity index (χ0n) is 26.2. The Morgan fingerprint density at radius 2 is 1.78 bits per heavy atom. The average molecular weight is 620 g/mol. The molecule has 2 saturated heterocycles. The third-order valence-corrected chi connectivity index (χ3v) is 10.3. The first-order valence-corrected chi connectivity index (χ1v) is 16.5. The molecule has 4 aliphatic heterocycles. The SMILES string of the molecule is CC(C)[C@H](CO)N1C(=O)[C@H]2[C@@H]3C(=O)O[C@@H](c4ccccc4)CNC(=O)CC/C=C\[C@@H]3O[C@]23C=CCN(C2CCCCC2)C(=O)[C@H]13. The Bertz CT molecular complexity index is 1340. The lowest BCUT2D eigenvalue weighted by molar-refractivity contribution is -0.161. The van der Waals surface area contributed by atoms with Crippen molar-refractivity contribution in [1.82, 2.24) is 15.1 Å². The number of aliphatic hydroxyl groups is 1. The van der Waals surface area contributed by atoms with Gasteiger partial charge >= 0.3 is 5.97 Å². The molecular weight excluding hydrogens is 574 g/mol. The number of fused-ring (bicyclic) bond motifs is 2. The number of esters is 1. The Morgan fingerprint density at radius 1 is 1.02 bits per heavy atom. The highest BCUT2D eigenvalue weighted by Crippen LogP contribution is 2.54. The number of cyclic esters (lactones) is 1. The van der Waals surface area contributed by atoms with Gasteiger partial charge in [0.2, 0.25) is 17.7 Å². The van der Waals surface area contributed by atoms with Crippen molar-refractivity contribution in [1.29, 1.82) is 0 Å². The van der Waals surface area contributed by atoms with Gasteiger partial charge in [-0.05, 0) is 30.7 Å². The van der Waals surface area contributed by atoms with Crippen molar-refractivity contribution in [2.75, 3.05) is 19.7 Å². The minimum atomic E-state index is -1.42. The predicted octanol–water partition coefficient (Wildman–Crippen LogP) is 3.07. The van der Waals surface area contributed by atoms with Gasteiger partial charge in [0.05, 0.1) is 31.2 Å². The number of benzene rings is 1. The molecule has 0 radical (unpaired) electrons. The van der Waals surface area contributed by atoms with E-state index >= 15 is 0 Å².